The maximum Gasteiger partial charge on any atom is 0.305 e. The SMILES string of the molecule is CCC/C(C)=C/CCCC(=O)OCC(O)CO. The Morgan fingerprint density at radius 1 is 1.41 bits per heavy atom. The Bertz CT molecular complexity index is 236. The van der Waals surface area contributed by atoms with Crippen LogP contribution in [0.5, 0.6) is 0 Å². The Kier molecular flexibility index (Phi) is 9.77. The minimum Gasteiger partial charge on any atom is -0.463 e. The molecule has 0 radical (unpaired) electrons. The van der Waals surface area contributed by atoms with E-state index in [0.29, 0.717) is 6.42 Å². The van der Waals surface area contributed by atoms with Crippen LogP contribution in [0.1, 0.15) is 46.0 Å². The molecule has 0 aliphatic heterocycles. The van der Waals surface area contributed by atoms with Gasteiger partial charge in [-0.25, -0.2) is 0 Å². The predicted molar refractivity (Wildman–Crippen MR) is 66.6 cm³/mol. The molecule has 0 aromatic carbocycles. The monoisotopic (exact) mass is 244 g/mol. The van der Waals surface area contributed by atoms with E-state index in [1.165, 1.54) is 5.57 Å². The van der Waals surface area contributed by atoms with Crippen molar-refractivity contribution in [2.24, 2.45) is 0 Å². The normalized spacial score (nSPS) is 13.5. The Balaban J connectivity index is 3.54. The van der Waals surface area contributed by atoms with Gasteiger partial charge in [0.2, 0.25) is 0 Å². The lowest BCUT2D eigenvalue weighted by molar-refractivity contribution is -0.147. The van der Waals surface area contributed by atoms with Crippen LogP contribution < -0.4 is 0 Å². The van der Waals surface area contributed by atoms with Crippen LogP contribution in [0.25, 0.3) is 0 Å². The molecule has 1 unspecified atom stereocenters. The zero-order valence-corrected chi connectivity index (χ0v) is 10.8. The highest BCUT2D eigenvalue weighted by Gasteiger charge is 2.06. The molecule has 17 heavy (non-hydrogen) atoms. The van der Waals surface area contributed by atoms with Crippen LogP contribution in [-0.4, -0.2) is 35.5 Å². The number of esters is 1. The maximum absolute atomic E-state index is 11.2. The largest absolute Gasteiger partial charge is 0.463 e. The number of allylic oxidation sites excluding steroid dienone is 2. The fourth-order valence-electron chi connectivity index (χ4n) is 1.41. The molecule has 2 N–H and O–H groups in total. The summed E-state index contributed by atoms with van der Waals surface area (Å²) in [5.41, 5.74) is 1.36. The average molecular weight is 244 g/mol. The molecule has 1 atom stereocenters. The lowest BCUT2D eigenvalue weighted by Gasteiger charge is -2.07. The first-order valence-electron chi connectivity index (χ1n) is 6.20. The van der Waals surface area contributed by atoms with Gasteiger partial charge >= 0.3 is 5.97 Å². The van der Waals surface area contributed by atoms with Crippen molar-refractivity contribution in [2.75, 3.05) is 13.2 Å². The van der Waals surface area contributed by atoms with Gasteiger partial charge in [-0.05, 0) is 26.2 Å². The molecule has 0 heterocycles. The van der Waals surface area contributed by atoms with Gasteiger partial charge in [0.05, 0.1) is 6.61 Å². The van der Waals surface area contributed by atoms with E-state index in [1.54, 1.807) is 0 Å². The summed E-state index contributed by atoms with van der Waals surface area (Å²) in [4.78, 5) is 11.2. The van der Waals surface area contributed by atoms with E-state index >= 15 is 0 Å². The molecule has 0 aliphatic carbocycles. The molecule has 0 saturated carbocycles. The van der Waals surface area contributed by atoms with Gasteiger partial charge in [-0.2, -0.15) is 0 Å². The molecule has 0 aromatic heterocycles. The molecule has 0 amide bonds. The van der Waals surface area contributed by atoms with Crippen molar-refractivity contribution >= 4 is 5.97 Å². The van der Waals surface area contributed by atoms with E-state index in [-0.39, 0.29) is 19.2 Å². The Morgan fingerprint density at radius 2 is 2.12 bits per heavy atom. The third-order valence-corrected chi connectivity index (χ3v) is 2.37. The maximum atomic E-state index is 11.2. The Morgan fingerprint density at radius 3 is 2.71 bits per heavy atom. The number of hydrogen-bond donors (Lipinski definition) is 2. The van der Waals surface area contributed by atoms with E-state index in [9.17, 15) is 4.79 Å². The second kappa shape index (κ2) is 10.3. The molecule has 0 spiro atoms. The summed E-state index contributed by atoms with van der Waals surface area (Å²) in [5.74, 6) is -0.320. The van der Waals surface area contributed by atoms with Crippen molar-refractivity contribution in [2.45, 2.75) is 52.1 Å². The van der Waals surface area contributed by atoms with Crippen LogP contribution >= 0.6 is 0 Å². The molecule has 100 valence electrons. The van der Waals surface area contributed by atoms with Gasteiger partial charge in [0.25, 0.3) is 0 Å². The van der Waals surface area contributed by atoms with Crippen molar-refractivity contribution in [1.82, 2.24) is 0 Å². The minimum absolute atomic E-state index is 0.125. The summed E-state index contributed by atoms with van der Waals surface area (Å²) in [5, 5.41) is 17.5. The summed E-state index contributed by atoms with van der Waals surface area (Å²) in [6.07, 6.45) is 5.42. The molecular formula is C13H24O4. The number of carbonyl (C=O) groups is 1. The third-order valence-electron chi connectivity index (χ3n) is 2.37. The van der Waals surface area contributed by atoms with Gasteiger partial charge < -0.3 is 14.9 Å². The van der Waals surface area contributed by atoms with Gasteiger partial charge in [-0.15, -0.1) is 0 Å². The van der Waals surface area contributed by atoms with Crippen LogP contribution in [0, 0.1) is 0 Å². The van der Waals surface area contributed by atoms with Gasteiger partial charge in [0, 0.05) is 6.42 Å². The number of carbonyl (C=O) groups excluding carboxylic acids is 1. The molecule has 0 aliphatic rings. The second-order valence-electron chi connectivity index (χ2n) is 4.21. The number of ether oxygens (including phenoxy) is 1. The molecule has 0 bridgehead atoms. The fourth-order valence-corrected chi connectivity index (χ4v) is 1.41. The van der Waals surface area contributed by atoms with Crippen molar-refractivity contribution in [3.63, 3.8) is 0 Å². The van der Waals surface area contributed by atoms with Gasteiger partial charge in [-0.3, -0.25) is 4.79 Å². The lowest BCUT2D eigenvalue weighted by Crippen LogP contribution is -2.21. The van der Waals surface area contributed by atoms with Crippen LogP contribution in [0.4, 0.5) is 0 Å². The van der Waals surface area contributed by atoms with E-state index in [4.69, 9.17) is 14.9 Å². The number of unbranched alkanes of at least 4 members (excludes halogenated alkanes) is 1. The molecule has 4 heteroatoms. The van der Waals surface area contributed by atoms with Crippen molar-refractivity contribution in [3.8, 4) is 0 Å². The summed E-state index contributed by atoms with van der Waals surface area (Å²) in [6.45, 7) is 3.73. The zero-order chi connectivity index (χ0) is 13.1. The van der Waals surface area contributed by atoms with E-state index in [1.807, 2.05) is 0 Å². The average Bonchev–Trinajstić information content (AvgIpc) is 2.32. The fraction of sp³-hybridized carbons (Fsp3) is 0.769. The molecule has 0 saturated heterocycles. The number of aliphatic hydroxyl groups excluding tert-OH is 2. The number of rotatable bonds is 9. The summed E-state index contributed by atoms with van der Waals surface area (Å²) in [6, 6.07) is 0. The van der Waals surface area contributed by atoms with Crippen LogP contribution in [0.15, 0.2) is 11.6 Å². The first-order valence-corrected chi connectivity index (χ1v) is 6.20. The number of hydrogen-bond acceptors (Lipinski definition) is 4. The van der Waals surface area contributed by atoms with E-state index in [2.05, 4.69) is 19.9 Å². The molecule has 0 aromatic rings. The van der Waals surface area contributed by atoms with Crippen molar-refractivity contribution in [1.29, 1.82) is 0 Å². The molecule has 0 rings (SSSR count). The minimum atomic E-state index is -0.967. The number of aliphatic hydroxyl groups is 2. The summed E-state index contributed by atoms with van der Waals surface area (Å²) >= 11 is 0. The molecule has 0 fully saturated rings. The van der Waals surface area contributed by atoms with Gasteiger partial charge in [0.15, 0.2) is 0 Å². The predicted octanol–water partition coefficient (Wildman–Crippen LogP) is 1.80. The molecule has 4 nitrogen and oxygen atoms in total. The highest BCUT2D eigenvalue weighted by molar-refractivity contribution is 5.69. The van der Waals surface area contributed by atoms with Crippen molar-refractivity contribution in [3.05, 3.63) is 11.6 Å². The second-order valence-corrected chi connectivity index (χ2v) is 4.21. The Hall–Kier alpha value is -0.870. The van der Waals surface area contributed by atoms with Crippen LogP contribution in [0.3, 0.4) is 0 Å². The first-order chi connectivity index (χ1) is 8.10. The van der Waals surface area contributed by atoms with Crippen molar-refractivity contribution < 1.29 is 19.7 Å². The molecular weight excluding hydrogens is 220 g/mol. The Labute approximate surface area is 103 Å². The van der Waals surface area contributed by atoms with E-state index < -0.39 is 6.10 Å². The highest BCUT2D eigenvalue weighted by atomic mass is 16.5. The quantitative estimate of drug-likeness (QED) is 0.369. The smallest absolute Gasteiger partial charge is 0.305 e. The highest BCUT2D eigenvalue weighted by Crippen LogP contribution is 2.07. The van der Waals surface area contributed by atoms with Gasteiger partial charge in [0.1, 0.15) is 12.7 Å². The van der Waals surface area contributed by atoms with Gasteiger partial charge in [-0.1, -0.05) is 25.0 Å². The zero-order valence-electron chi connectivity index (χ0n) is 10.8. The third kappa shape index (κ3) is 10.0. The van der Waals surface area contributed by atoms with Crippen LogP contribution in [-0.2, 0) is 9.53 Å². The summed E-state index contributed by atoms with van der Waals surface area (Å²) < 4.78 is 4.78. The lowest BCUT2D eigenvalue weighted by atomic mass is 10.1. The summed E-state index contributed by atoms with van der Waals surface area (Å²) in [7, 11) is 0. The van der Waals surface area contributed by atoms with Crippen LogP contribution in [0.2, 0.25) is 0 Å². The van der Waals surface area contributed by atoms with E-state index in [0.717, 1.165) is 25.7 Å². The standard InChI is InChI=1S/C13H24O4/c1-3-6-11(2)7-4-5-8-13(16)17-10-12(15)9-14/h7,12,14-15H,3-6,8-10H2,1-2H3/b11-7+. The first kappa shape index (κ1) is 16.1. The topological polar surface area (TPSA) is 66.8 Å².